The zero-order valence-corrected chi connectivity index (χ0v) is 9.80. The molecule has 0 heterocycles. The molecular weight excluding hydrogens is 268 g/mol. The van der Waals surface area contributed by atoms with E-state index in [2.05, 4.69) is 15.9 Å². The minimum absolute atomic E-state index is 0.245. The van der Waals surface area contributed by atoms with Crippen molar-refractivity contribution in [1.82, 2.24) is 0 Å². The Bertz CT molecular complexity index is 331. The highest BCUT2D eigenvalue weighted by Gasteiger charge is 2.11. The van der Waals surface area contributed by atoms with Crippen LogP contribution in [0.3, 0.4) is 0 Å². The predicted octanol–water partition coefficient (Wildman–Crippen LogP) is 3.11. The minimum Gasteiger partial charge on any atom is -0.487 e. The van der Waals surface area contributed by atoms with E-state index in [9.17, 15) is 8.78 Å². The second-order valence-electron chi connectivity index (χ2n) is 3.17. The van der Waals surface area contributed by atoms with Gasteiger partial charge in [0.25, 0.3) is 6.43 Å². The molecule has 1 atom stereocenters. The molecule has 0 radical (unpaired) electrons. The first-order valence-electron chi connectivity index (χ1n) is 4.46. The van der Waals surface area contributed by atoms with Crippen LogP contribution < -0.4 is 10.5 Å². The fraction of sp³-hybridized carbons (Fsp3) is 0.400. The molecule has 0 saturated heterocycles. The van der Waals surface area contributed by atoms with Crippen LogP contribution in [-0.4, -0.2) is 13.0 Å². The number of halogens is 3. The number of benzene rings is 1. The van der Waals surface area contributed by atoms with Crippen molar-refractivity contribution < 1.29 is 13.5 Å². The predicted molar refractivity (Wildman–Crippen MR) is 58.2 cm³/mol. The first-order chi connectivity index (χ1) is 7.00. The van der Waals surface area contributed by atoms with E-state index in [0.717, 1.165) is 10.0 Å². The molecule has 2 nitrogen and oxygen atoms in total. The molecule has 1 aromatic carbocycles. The summed E-state index contributed by atoms with van der Waals surface area (Å²) in [6, 6.07) is 4.95. The van der Waals surface area contributed by atoms with Gasteiger partial charge in [-0.2, -0.15) is 0 Å². The maximum atomic E-state index is 12.0. The molecule has 5 heteroatoms. The largest absolute Gasteiger partial charge is 0.487 e. The topological polar surface area (TPSA) is 35.2 Å². The zero-order chi connectivity index (χ0) is 11.4. The molecule has 0 aliphatic rings. The smallest absolute Gasteiger partial charge is 0.272 e. The summed E-state index contributed by atoms with van der Waals surface area (Å²) in [5, 5.41) is 0. The molecular formula is C10H12BrF2NO. The number of nitrogens with two attached hydrogens (primary N) is 1. The zero-order valence-electron chi connectivity index (χ0n) is 8.21. The normalized spacial score (nSPS) is 12.9. The number of hydrogen-bond acceptors (Lipinski definition) is 2. The third-order valence-corrected chi connectivity index (χ3v) is 2.32. The Hall–Kier alpha value is -0.680. The molecule has 84 valence electrons. The molecule has 1 rings (SSSR count). The molecule has 0 aliphatic carbocycles. The Kier molecular flexibility index (Phi) is 4.47. The SMILES string of the molecule is C[C@@H](N)c1ccc(Br)cc1OCC(F)F. The van der Waals surface area contributed by atoms with Crippen LogP contribution in [0.4, 0.5) is 8.78 Å². The lowest BCUT2D eigenvalue weighted by molar-refractivity contribution is 0.0812. The van der Waals surface area contributed by atoms with Crippen LogP contribution in [0, 0.1) is 0 Å². The van der Waals surface area contributed by atoms with Gasteiger partial charge >= 0.3 is 0 Å². The van der Waals surface area contributed by atoms with Crippen molar-refractivity contribution in [3.63, 3.8) is 0 Å². The van der Waals surface area contributed by atoms with Gasteiger partial charge in [0.05, 0.1) is 0 Å². The standard InChI is InChI=1S/C10H12BrF2NO/c1-6(14)8-3-2-7(11)4-9(8)15-5-10(12)13/h2-4,6,10H,5,14H2,1H3/t6-/m1/s1. The molecule has 0 saturated carbocycles. The Morgan fingerprint density at radius 2 is 2.13 bits per heavy atom. The quantitative estimate of drug-likeness (QED) is 0.919. The monoisotopic (exact) mass is 279 g/mol. The Balaban J connectivity index is 2.87. The molecule has 15 heavy (non-hydrogen) atoms. The fourth-order valence-electron chi connectivity index (χ4n) is 1.16. The summed E-state index contributed by atoms with van der Waals surface area (Å²) in [4.78, 5) is 0. The van der Waals surface area contributed by atoms with Crippen LogP contribution in [0.5, 0.6) is 5.75 Å². The van der Waals surface area contributed by atoms with Crippen LogP contribution in [-0.2, 0) is 0 Å². The van der Waals surface area contributed by atoms with E-state index in [1.54, 1.807) is 25.1 Å². The van der Waals surface area contributed by atoms with Gasteiger partial charge in [-0.05, 0) is 19.1 Å². The molecule has 0 amide bonds. The second kappa shape index (κ2) is 5.42. The van der Waals surface area contributed by atoms with Crippen molar-refractivity contribution in [3.05, 3.63) is 28.2 Å². The molecule has 0 unspecified atom stereocenters. The van der Waals surface area contributed by atoms with E-state index in [-0.39, 0.29) is 6.04 Å². The van der Waals surface area contributed by atoms with Crippen LogP contribution in [0.25, 0.3) is 0 Å². The molecule has 0 fully saturated rings. The third kappa shape index (κ3) is 3.76. The summed E-state index contributed by atoms with van der Waals surface area (Å²) in [5.41, 5.74) is 6.41. The van der Waals surface area contributed by atoms with Gasteiger partial charge in [-0.1, -0.05) is 22.0 Å². The van der Waals surface area contributed by atoms with E-state index in [4.69, 9.17) is 10.5 Å². The van der Waals surface area contributed by atoms with Crippen molar-refractivity contribution in [3.8, 4) is 5.75 Å². The van der Waals surface area contributed by atoms with Crippen molar-refractivity contribution in [2.45, 2.75) is 19.4 Å². The summed E-state index contributed by atoms with van der Waals surface area (Å²) in [5.74, 6) is 0.402. The summed E-state index contributed by atoms with van der Waals surface area (Å²) < 4.78 is 29.7. The number of alkyl halides is 2. The van der Waals surface area contributed by atoms with Gasteiger partial charge in [0.2, 0.25) is 0 Å². The van der Waals surface area contributed by atoms with Gasteiger partial charge in [0.15, 0.2) is 0 Å². The average Bonchev–Trinajstić information content (AvgIpc) is 2.14. The maximum Gasteiger partial charge on any atom is 0.272 e. The molecule has 0 aliphatic heterocycles. The highest BCUT2D eigenvalue weighted by molar-refractivity contribution is 9.10. The second-order valence-corrected chi connectivity index (χ2v) is 4.09. The third-order valence-electron chi connectivity index (χ3n) is 1.83. The van der Waals surface area contributed by atoms with Crippen LogP contribution in [0.2, 0.25) is 0 Å². The molecule has 2 N–H and O–H groups in total. The van der Waals surface area contributed by atoms with Crippen LogP contribution in [0.1, 0.15) is 18.5 Å². The summed E-state index contributed by atoms with van der Waals surface area (Å²) in [7, 11) is 0. The van der Waals surface area contributed by atoms with Crippen molar-refractivity contribution in [1.29, 1.82) is 0 Å². The van der Waals surface area contributed by atoms with E-state index in [0.29, 0.717) is 5.75 Å². The first-order valence-corrected chi connectivity index (χ1v) is 5.26. The fourth-order valence-corrected chi connectivity index (χ4v) is 1.50. The molecule has 1 aromatic rings. The lowest BCUT2D eigenvalue weighted by Gasteiger charge is -2.14. The summed E-state index contributed by atoms with van der Waals surface area (Å²) >= 11 is 3.24. The van der Waals surface area contributed by atoms with E-state index in [1.807, 2.05) is 0 Å². The van der Waals surface area contributed by atoms with Gasteiger partial charge < -0.3 is 10.5 Å². The van der Waals surface area contributed by atoms with Gasteiger partial charge in [0.1, 0.15) is 12.4 Å². The summed E-state index contributed by atoms with van der Waals surface area (Å²) in [6.45, 7) is 1.16. The van der Waals surface area contributed by atoms with Gasteiger partial charge in [-0.15, -0.1) is 0 Å². The Morgan fingerprint density at radius 3 is 2.67 bits per heavy atom. The Morgan fingerprint density at radius 1 is 1.47 bits per heavy atom. The highest BCUT2D eigenvalue weighted by Crippen LogP contribution is 2.27. The van der Waals surface area contributed by atoms with E-state index in [1.165, 1.54) is 0 Å². The lowest BCUT2D eigenvalue weighted by atomic mass is 10.1. The molecule has 0 spiro atoms. The van der Waals surface area contributed by atoms with Crippen LogP contribution in [0.15, 0.2) is 22.7 Å². The van der Waals surface area contributed by atoms with Crippen molar-refractivity contribution in [2.75, 3.05) is 6.61 Å². The highest BCUT2D eigenvalue weighted by atomic mass is 79.9. The summed E-state index contributed by atoms with van der Waals surface area (Å²) in [6.07, 6.45) is -2.48. The van der Waals surface area contributed by atoms with Crippen molar-refractivity contribution in [2.24, 2.45) is 5.73 Å². The Labute approximate surface area is 95.5 Å². The van der Waals surface area contributed by atoms with E-state index >= 15 is 0 Å². The van der Waals surface area contributed by atoms with E-state index < -0.39 is 13.0 Å². The van der Waals surface area contributed by atoms with Crippen molar-refractivity contribution >= 4 is 15.9 Å². The number of hydrogen-bond donors (Lipinski definition) is 1. The molecule has 0 aromatic heterocycles. The number of rotatable bonds is 4. The lowest BCUT2D eigenvalue weighted by Crippen LogP contribution is -2.12. The van der Waals surface area contributed by atoms with Gasteiger partial charge in [-0.25, -0.2) is 8.78 Å². The van der Waals surface area contributed by atoms with Gasteiger partial charge in [-0.3, -0.25) is 0 Å². The van der Waals surface area contributed by atoms with Gasteiger partial charge in [0, 0.05) is 16.1 Å². The van der Waals surface area contributed by atoms with Crippen LogP contribution >= 0.6 is 15.9 Å². The first kappa shape index (κ1) is 12.4. The average molecular weight is 280 g/mol. The molecule has 0 bridgehead atoms. The number of ether oxygens (including phenoxy) is 1. The minimum atomic E-state index is -2.48. The maximum absolute atomic E-state index is 12.0.